The molecule has 0 bridgehead atoms. The number of quaternary nitrogens is 1. The average Bonchev–Trinajstić information content (AvgIpc) is 3.29. The Morgan fingerprint density at radius 3 is 2.82 bits per heavy atom. The van der Waals surface area contributed by atoms with Crippen molar-refractivity contribution in [2.75, 3.05) is 37.8 Å². The van der Waals surface area contributed by atoms with E-state index in [-0.39, 0.29) is 23.8 Å². The van der Waals surface area contributed by atoms with Gasteiger partial charge in [0.25, 0.3) is 0 Å². The van der Waals surface area contributed by atoms with Crippen LogP contribution in [0.4, 0.5) is 21.7 Å². The van der Waals surface area contributed by atoms with Crippen molar-refractivity contribution in [2.45, 2.75) is 6.42 Å². The summed E-state index contributed by atoms with van der Waals surface area (Å²) < 4.78 is 14.6. The Kier molecular flexibility index (Phi) is 8.03. The summed E-state index contributed by atoms with van der Waals surface area (Å²) in [5.74, 6) is -0.471. The predicted octanol–water partition coefficient (Wildman–Crippen LogP) is 4.10. The number of likely N-dealkylation sites (N-methyl/N-ethyl adjacent to an activating group) is 1. The van der Waals surface area contributed by atoms with E-state index < -0.39 is 16.6 Å². The molecule has 39 heavy (non-hydrogen) atoms. The van der Waals surface area contributed by atoms with E-state index in [4.69, 9.17) is 5.26 Å². The molecule has 12 nitrogen and oxygen atoms in total. The van der Waals surface area contributed by atoms with E-state index in [0.717, 1.165) is 0 Å². The minimum Gasteiger partial charge on any atom is -0.358 e. The van der Waals surface area contributed by atoms with Gasteiger partial charge in [0.1, 0.15) is 36.4 Å². The number of nitrogens with one attached hydrogen (secondary N) is 2. The second-order valence-electron chi connectivity index (χ2n) is 9.26. The monoisotopic (exact) mass is 594 g/mol. The van der Waals surface area contributed by atoms with Crippen molar-refractivity contribution in [1.82, 2.24) is 15.0 Å². The molecule has 0 saturated heterocycles. The summed E-state index contributed by atoms with van der Waals surface area (Å²) in [4.78, 5) is 39.7. The van der Waals surface area contributed by atoms with E-state index in [1.165, 1.54) is 24.7 Å². The van der Waals surface area contributed by atoms with Crippen molar-refractivity contribution in [2.24, 2.45) is 4.99 Å². The number of aliphatic imine (C=N–C) groups is 1. The summed E-state index contributed by atoms with van der Waals surface area (Å²) >= 11 is 3.12. The first-order valence-electron chi connectivity index (χ1n) is 11.5. The van der Waals surface area contributed by atoms with Gasteiger partial charge >= 0.3 is 5.82 Å². The molecule has 0 atom stereocenters. The maximum Gasteiger partial charge on any atom is 0.369 e. The molecule has 198 valence electrons. The molecule has 0 aliphatic carbocycles. The molecule has 3 aromatic rings. The highest BCUT2D eigenvalue weighted by atomic mass is 79.9. The molecule has 2 aromatic heterocycles. The summed E-state index contributed by atoms with van der Waals surface area (Å²) in [6.45, 7) is 0.682. The lowest BCUT2D eigenvalue weighted by molar-refractivity contribution is -0.880. The smallest absolute Gasteiger partial charge is 0.358 e. The van der Waals surface area contributed by atoms with Crippen molar-refractivity contribution in [3.63, 3.8) is 0 Å². The number of nitrogens with zero attached hydrogens (tertiary/aromatic N) is 7. The number of carbonyl (C=O) groups excluding carboxylic acids is 1. The van der Waals surface area contributed by atoms with Gasteiger partial charge < -0.3 is 25.2 Å². The standard InChI is InChI=1S/C25H21BrFN9O3/c1-36(2,13-15-8-17(11-28)33-25(15)35(38)39)7-3-4-23(37)34-22-10-18-21(12-29-22)30-14-31-24(18)32-16-5-6-19(26)20(27)9-16/h3-6,9-10,12,14H,7-8,13H2,1-2H3,(H-,29,30,31,32,34,37)/p+1/b4-3+. The van der Waals surface area contributed by atoms with Crippen molar-refractivity contribution in [1.29, 1.82) is 5.26 Å². The Morgan fingerprint density at radius 1 is 1.31 bits per heavy atom. The molecule has 0 saturated carbocycles. The third kappa shape index (κ3) is 6.83. The van der Waals surface area contributed by atoms with E-state index in [1.54, 1.807) is 24.3 Å². The van der Waals surface area contributed by atoms with Crippen LogP contribution in [0.3, 0.4) is 0 Å². The summed E-state index contributed by atoms with van der Waals surface area (Å²) in [6, 6.07) is 8.06. The number of anilines is 3. The molecule has 2 N–H and O–H groups in total. The Morgan fingerprint density at radius 2 is 2.10 bits per heavy atom. The lowest BCUT2D eigenvalue weighted by atomic mass is 10.1. The molecule has 0 spiro atoms. The lowest BCUT2D eigenvalue weighted by Gasteiger charge is -2.28. The van der Waals surface area contributed by atoms with Gasteiger partial charge in [-0.3, -0.25) is 4.79 Å². The molecule has 1 aliphatic rings. The van der Waals surface area contributed by atoms with E-state index in [1.807, 2.05) is 20.2 Å². The first-order chi connectivity index (χ1) is 18.5. The van der Waals surface area contributed by atoms with Gasteiger partial charge in [-0.05, 0) is 56.2 Å². The van der Waals surface area contributed by atoms with Gasteiger partial charge in [-0.25, -0.2) is 19.3 Å². The highest BCUT2D eigenvalue weighted by Crippen LogP contribution is 2.27. The van der Waals surface area contributed by atoms with Gasteiger partial charge in [-0.1, -0.05) is 0 Å². The van der Waals surface area contributed by atoms with Gasteiger partial charge in [0.05, 0.1) is 48.8 Å². The minimum absolute atomic E-state index is 0.113. The summed E-state index contributed by atoms with van der Waals surface area (Å²) in [7, 11) is 3.71. The van der Waals surface area contributed by atoms with Crippen LogP contribution in [-0.4, -0.2) is 63.2 Å². The molecule has 4 rings (SSSR count). The molecule has 14 heteroatoms. The second kappa shape index (κ2) is 11.4. The number of benzene rings is 1. The van der Waals surface area contributed by atoms with Gasteiger partial charge in [0, 0.05) is 17.1 Å². The van der Waals surface area contributed by atoms with Gasteiger partial charge in [0.15, 0.2) is 0 Å². The highest BCUT2D eigenvalue weighted by Gasteiger charge is 2.33. The van der Waals surface area contributed by atoms with Crippen LogP contribution in [0, 0.1) is 27.3 Å². The largest absolute Gasteiger partial charge is 0.369 e. The highest BCUT2D eigenvalue weighted by molar-refractivity contribution is 9.10. The van der Waals surface area contributed by atoms with Crippen molar-refractivity contribution in [3.05, 3.63) is 80.7 Å². The third-order valence-corrected chi connectivity index (χ3v) is 6.33. The number of nitro groups is 1. The number of amides is 1. The zero-order valence-electron chi connectivity index (χ0n) is 20.9. The molecule has 3 heterocycles. The van der Waals surface area contributed by atoms with E-state index in [2.05, 4.69) is 46.5 Å². The minimum atomic E-state index is -0.581. The first-order valence-corrected chi connectivity index (χ1v) is 12.3. The Labute approximate surface area is 230 Å². The zero-order valence-corrected chi connectivity index (χ0v) is 22.4. The fourth-order valence-corrected chi connectivity index (χ4v) is 4.17. The van der Waals surface area contributed by atoms with E-state index >= 15 is 0 Å². The van der Waals surface area contributed by atoms with E-state index in [0.29, 0.717) is 50.0 Å². The third-order valence-electron chi connectivity index (χ3n) is 5.68. The second-order valence-corrected chi connectivity index (χ2v) is 10.1. The number of carbonyl (C=O) groups is 1. The quantitative estimate of drug-likeness (QED) is 0.162. The number of hydrogen-bond acceptors (Lipinski definition) is 9. The van der Waals surface area contributed by atoms with Crippen LogP contribution in [0.1, 0.15) is 6.42 Å². The van der Waals surface area contributed by atoms with E-state index in [9.17, 15) is 19.3 Å². The van der Waals surface area contributed by atoms with Crippen LogP contribution >= 0.6 is 15.9 Å². The number of hydrogen-bond donors (Lipinski definition) is 2. The molecule has 0 unspecified atom stereocenters. The molecular formula is C25H22BrFN9O3+. The Hall–Kier alpha value is -4.61. The first kappa shape index (κ1) is 27.4. The molecule has 1 aliphatic heterocycles. The Bertz CT molecular complexity index is 1610. The van der Waals surface area contributed by atoms with Crippen molar-refractivity contribution >= 4 is 55.8 Å². The molecule has 1 aromatic carbocycles. The van der Waals surface area contributed by atoms with Crippen LogP contribution < -0.4 is 10.6 Å². The van der Waals surface area contributed by atoms with Crippen molar-refractivity contribution in [3.8, 4) is 6.07 Å². The summed E-state index contributed by atoms with van der Waals surface area (Å²) in [5.41, 5.74) is 1.59. The number of nitriles is 1. The maximum atomic E-state index is 13.9. The topological polar surface area (TPSA) is 159 Å². The lowest BCUT2D eigenvalue weighted by Crippen LogP contribution is -2.41. The number of pyridine rings is 1. The van der Waals surface area contributed by atoms with Gasteiger partial charge in [0.2, 0.25) is 11.6 Å². The summed E-state index contributed by atoms with van der Waals surface area (Å²) in [6.07, 6.45) is 5.99. The van der Waals surface area contributed by atoms with Gasteiger partial charge in [-0.15, -0.1) is 0 Å². The molecule has 0 radical (unpaired) electrons. The normalized spacial score (nSPS) is 13.5. The van der Waals surface area contributed by atoms with Crippen LogP contribution in [0.5, 0.6) is 0 Å². The van der Waals surface area contributed by atoms with Gasteiger partial charge in [-0.2, -0.15) is 5.26 Å². The fraction of sp³-hybridized carbons (Fsp3) is 0.200. The number of rotatable bonds is 9. The van der Waals surface area contributed by atoms with Crippen molar-refractivity contribution < 1.29 is 18.6 Å². The number of halogens is 2. The van der Waals surface area contributed by atoms with Crippen LogP contribution in [0.2, 0.25) is 0 Å². The maximum absolute atomic E-state index is 13.9. The summed E-state index contributed by atoms with van der Waals surface area (Å²) in [5, 5.41) is 26.6. The van der Waals surface area contributed by atoms with Crippen LogP contribution in [0.25, 0.3) is 10.9 Å². The fourth-order valence-electron chi connectivity index (χ4n) is 3.92. The molecule has 0 fully saturated rings. The number of fused-ring (bicyclic) bond motifs is 1. The van der Waals surface area contributed by atoms with Crippen LogP contribution in [-0.2, 0) is 4.79 Å². The SMILES string of the molecule is C[N+](C)(C/C=C/C(=O)Nc1cc2c(Nc3ccc(Br)c(F)c3)ncnc2cn1)CC1=C([N+](=O)[O-])N=C(C#N)C1. The molecule has 1 amide bonds. The Balaban J connectivity index is 1.42. The number of aromatic nitrogens is 3. The van der Waals surface area contributed by atoms with Crippen LogP contribution in [0.15, 0.2) is 69.8 Å². The zero-order chi connectivity index (χ0) is 28.2. The predicted molar refractivity (Wildman–Crippen MR) is 146 cm³/mol. The average molecular weight is 595 g/mol. The molecular weight excluding hydrogens is 573 g/mol.